The van der Waals surface area contributed by atoms with Crippen molar-refractivity contribution in [1.82, 2.24) is 0 Å². The first-order valence-electron chi connectivity index (χ1n) is 5.60. The van der Waals surface area contributed by atoms with Crippen molar-refractivity contribution in [2.24, 2.45) is 0 Å². The summed E-state index contributed by atoms with van der Waals surface area (Å²) in [5, 5.41) is 8.99. The molecule has 0 saturated carbocycles. The maximum Gasteiger partial charge on any atom is 0.232 e. The first-order valence-corrected chi connectivity index (χ1v) is 7.26. The molecule has 1 aromatic rings. The van der Waals surface area contributed by atoms with E-state index in [2.05, 4.69) is 4.72 Å². The summed E-state index contributed by atoms with van der Waals surface area (Å²) >= 11 is 0. The van der Waals surface area contributed by atoms with Gasteiger partial charge in [0.2, 0.25) is 10.0 Å². The van der Waals surface area contributed by atoms with Gasteiger partial charge >= 0.3 is 0 Å². The van der Waals surface area contributed by atoms with Crippen molar-refractivity contribution >= 4 is 15.7 Å². The molecule has 0 spiro atoms. The van der Waals surface area contributed by atoms with E-state index < -0.39 is 10.0 Å². The van der Waals surface area contributed by atoms with Crippen LogP contribution in [0.15, 0.2) is 18.2 Å². The van der Waals surface area contributed by atoms with E-state index in [0.717, 1.165) is 0 Å². The molecule has 0 atom stereocenters. The van der Waals surface area contributed by atoms with Crippen LogP contribution in [0.2, 0.25) is 0 Å². The Morgan fingerprint density at radius 3 is 2.68 bits per heavy atom. The molecule has 0 saturated heterocycles. The highest BCUT2D eigenvalue weighted by Gasteiger charge is 2.16. The number of sulfonamides is 1. The molecule has 0 aliphatic carbocycles. The van der Waals surface area contributed by atoms with E-state index in [1.807, 2.05) is 6.07 Å². The van der Waals surface area contributed by atoms with Gasteiger partial charge in [0.1, 0.15) is 17.5 Å². The molecule has 0 fully saturated rings. The van der Waals surface area contributed by atoms with Crippen LogP contribution in [-0.4, -0.2) is 35.0 Å². The number of hydrogen-bond donors (Lipinski definition) is 1. The Labute approximate surface area is 113 Å². The summed E-state index contributed by atoms with van der Waals surface area (Å²) in [5.41, 5.74) is 0.389. The lowest BCUT2D eigenvalue weighted by Crippen LogP contribution is -2.19. The lowest BCUT2D eigenvalue weighted by molar-refractivity contribution is 0.199. The molecule has 104 valence electrons. The summed E-state index contributed by atoms with van der Waals surface area (Å²) in [5.74, 6) is 0.235. The average molecular weight is 284 g/mol. The van der Waals surface area contributed by atoms with Crippen LogP contribution in [-0.2, 0) is 14.8 Å². The number of nitriles is 1. The Balaban J connectivity index is 2.95. The average Bonchev–Trinajstić information content (AvgIpc) is 2.38. The molecule has 0 heterocycles. The molecule has 0 amide bonds. The number of nitrogens with one attached hydrogen (secondary N) is 1. The summed E-state index contributed by atoms with van der Waals surface area (Å²) in [6, 6.07) is 6.67. The van der Waals surface area contributed by atoms with Crippen molar-refractivity contribution in [2.75, 3.05) is 31.3 Å². The number of rotatable bonds is 7. The van der Waals surface area contributed by atoms with E-state index in [1.54, 1.807) is 12.1 Å². The van der Waals surface area contributed by atoms with Crippen LogP contribution in [0, 0.1) is 11.3 Å². The zero-order chi connectivity index (χ0) is 14.3. The normalized spacial score (nSPS) is 10.8. The highest BCUT2D eigenvalue weighted by molar-refractivity contribution is 7.92. The molecule has 6 nitrogen and oxygen atoms in total. The lowest BCUT2D eigenvalue weighted by Gasteiger charge is -2.12. The molecule has 0 aliphatic heterocycles. The van der Waals surface area contributed by atoms with E-state index in [-0.39, 0.29) is 17.0 Å². The quantitative estimate of drug-likeness (QED) is 0.763. The molecule has 0 bridgehead atoms. The van der Waals surface area contributed by atoms with E-state index in [4.69, 9.17) is 14.7 Å². The van der Waals surface area contributed by atoms with Crippen molar-refractivity contribution in [2.45, 2.75) is 6.42 Å². The SMILES string of the molecule is COCCCS(=O)(=O)Nc1c(C#N)cccc1OC. The Morgan fingerprint density at radius 2 is 2.11 bits per heavy atom. The summed E-state index contributed by atoms with van der Waals surface area (Å²) in [6.45, 7) is 0.359. The molecule has 0 aliphatic rings. The van der Waals surface area contributed by atoms with Crippen molar-refractivity contribution in [3.63, 3.8) is 0 Å². The van der Waals surface area contributed by atoms with Crippen LogP contribution in [0.5, 0.6) is 5.75 Å². The molecule has 7 heteroatoms. The Hall–Kier alpha value is -1.78. The van der Waals surface area contributed by atoms with Crippen molar-refractivity contribution in [1.29, 1.82) is 5.26 Å². The molecule has 19 heavy (non-hydrogen) atoms. The maximum absolute atomic E-state index is 11.9. The Kier molecular flexibility index (Phi) is 5.60. The predicted molar refractivity (Wildman–Crippen MR) is 71.6 cm³/mol. The highest BCUT2D eigenvalue weighted by atomic mass is 32.2. The molecular formula is C12H16N2O4S. The number of para-hydroxylation sites is 1. The third-order valence-electron chi connectivity index (χ3n) is 2.39. The molecule has 1 rings (SSSR count). The predicted octanol–water partition coefficient (Wildman–Crippen LogP) is 1.35. The van der Waals surface area contributed by atoms with Gasteiger partial charge in [0.05, 0.1) is 18.4 Å². The van der Waals surface area contributed by atoms with E-state index in [0.29, 0.717) is 18.8 Å². The molecule has 0 unspecified atom stereocenters. The maximum atomic E-state index is 11.9. The highest BCUT2D eigenvalue weighted by Crippen LogP contribution is 2.28. The van der Waals surface area contributed by atoms with E-state index >= 15 is 0 Å². The second-order valence-electron chi connectivity index (χ2n) is 3.76. The molecule has 0 aromatic heterocycles. The number of methoxy groups -OCH3 is 2. The van der Waals surface area contributed by atoms with Gasteiger partial charge in [0, 0.05) is 13.7 Å². The van der Waals surface area contributed by atoms with Crippen molar-refractivity contribution in [3.05, 3.63) is 23.8 Å². The fourth-order valence-corrected chi connectivity index (χ4v) is 2.62. The minimum Gasteiger partial charge on any atom is -0.495 e. The third-order valence-corrected chi connectivity index (χ3v) is 3.73. The fraction of sp³-hybridized carbons (Fsp3) is 0.417. The van der Waals surface area contributed by atoms with Crippen LogP contribution >= 0.6 is 0 Å². The van der Waals surface area contributed by atoms with Crippen LogP contribution in [0.25, 0.3) is 0 Å². The van der Waals surface area contributed by atoms with Gasteiger partial charge < -0.3 is 9.47 Å². The Morgan fingerprint density at radius 1 is 1.37 bits per heavy atom. The summed E-state index contributed by atoms with van der Waals surface area (Å²) < 4.78 is 36.0. The zero-order valence-electron chi connectivity index (χ0n) is 10.8. The number of nitrogens with zero attached hydrogens (tertiary/aromatic N) is 1. The first kappa shape index (κ1) is 15.3. The number of ether oxygens (including phenoxy) is 2. The van der Waals surface area contributed by atoms with Gasteiger partial charge in [-0.25, -0.2) is 8.42 Å². The smallest absolute Gasteiger partial charge is 0.232 e. The molecule has 0 radical (unpaired) electrons. The van der Waals surface area contributed by atoms with Crippen molar-refractivity contribution < 1.29 is 17.9 Å². The third kappa shape index (κ3) is 4.43. The molecule has 1 N–H and O–H groups in total. The number of anilines is 1. The monoisotopic (exact) mass is 284 g/mol. The minimum atomic E-state index is -3.53. The second kappa shape index (κ2) is 6.97. The lowest BCUT2D eigenvalue weighted by atomic mass is 10.2. The largest absolute Gasteiger partial charge is 0.495 e. The first-order chi connectivity index (χ1) is 9.04. The standard InChI is InChI=1S/C12H16N2O4S/c1-17-7-4-8-19(15,16)14-12-10(9-13)5-3-6-11(12)18-2/h3,5-6,14H,4,7-8H2,1-2H3. The van der Waals surface area contributed by atoms with Gasteiger partial charge in [-0.1, -0.05) is 6.07 Å². The van der Waals surface area contributed by atoms with Crippen molar-refractivity contribution in [3.8, 4) is 11.8 Å². The van der Waals surface area contributed by atoms with Gasteiger partial charge in [-0.15, -0.1) is 0 Å². The van der Waals surface area contributed by atoms with Gasteiger partial charge in [-0.2, -0.15) is 5.26 Å². The van der Waals surface area contributed by atoms with Gasteiger partial charge in [-0.05, 0) is 18.6 Å². The van der Waals surface area contributed by atoms with Gasteiger partial charge in [0.15, 0.2) is 0 Å². The molecule has 1 aromatic carbocycles. The fourth-order valence-electron chi connectivity index (χ4n) is 1.50. The minimum absolute atomic E-state index is 0.0796. The Bertz CT molecular complexity index is 564. The van der Waals surface area contributed by atoms with Gasteiger partial charge in [-0.3, -0.25) is 4.72 Å². The van der Waals surface area contributed by atoms with E-state index in [9.17, 15) is 8.42 Å². The summed E-state index contributed by atoms with van der Waals surface area (Å²) in [6.07, 6.45) is 0.378. The molecular weight excluding hydrogens is 268 g/mol. The summed E-state index contributed by atoms with van der Waals surface area (Å²) in [4.78, 5) is 0. The van der Waals surface area contributed by atoms with Crippen LogP contribution in [0.1, 0.15) is 12.0 Å². The summed E-state index contributed by atoms with van der Waals surface area (Å²) in [7, 11) is -0.609. The van der Waals surface area contributed by atoms with Crippen LogP contribution in [0.4, 0.5) is 5.69 Å². The number of benzene rings is 1. The number of hydrogen-bond acceptors (Lipinski definition) is 5. The second-order valence-corrected chi connectivity index (χ2v) is 5.60. The van der Waals surface area contributed by atoms with Crippen LogP contribution in [0.3, 0.4) is 0 Å². The zero-order valence-corrected chi connectivity index (χ0v) is 11.7. The van der Waals surface area contributed by atoms with Gasteiger partial charge in [0.25, 0.3) is 0 Å². The van der Waals surface area contributed by atoms with Crippen LogP contribution < -0.4 is 9.46 Å². The topological polar surface area (TPSA) is 88.4 Å². The van der Waals surface area contributed by atoms with E-state index in [1.165, 1.54) is 20.3 Å².